The highest BCUT2D eigenvalue weighted by atomic mass is 35.5. The summed E-state index contributed by atoms with van der Waals surface area (Å²) in [5.41, 5.74) is 0.890. The van der Waals surface area contributed by atoms with Gasteiger partial charge < -0.3 is 0 Å². The number of nitrogens with zero attached hydrogens (tertiary/aromatic N) is 1. The van der Waals surface area contributed by atoms with Crippen LogP contribution >= 0.6 is 23.2 Å². The van der Waals surface area contributed by atoms with E-state index in [1.807, 2.05) is 12.1 Å². The van der Waals surface area contributed by atoms with Crippen molar-refractivity contribution in [2.75, 3.05) is 0 Å². The molecule has 1 atom stereocenters. The second-order valence-electron chi connectivity index (χ2n) is 2.64. The SMILES string of the molecule is CCC(Cl)Cc1ncccc1Cl. The van der Waals surface area contributed by atoms with Crippen LogP contribution in [0.2, 0.25) is 5.02 Å². The third-order valence-electron chi connectivity index (χ3n) is 1.69. The Morgan fingerprint density at radius 2 is 2.33 bits per heavy atom. The number of alkyl halides is 1. The smallest absolute Gasteiger partial charge is 0.0622 e. The van der Waals surface area contributed by atoms with Gasteiger partial charge >= 0.3 is 0 Å². The predicted molar refractivity (Wildman–Crippen MR) is 52.9 cm³/mol. The molecule has 1 aromatic rings. The summed E-state index contributed by atoms with van der Waals surface area (Å²) in [6.45, 7) is 2.05. The molecule has 0 spiro atoms. The van der Waals surface area contributed by atoms with E-state index in [2.05, 4.69) is 11.9 Å². The third-order valence-corrected chi connectivity index (χ3v) is 2.50. The highest BCUT2D eigenvalue weighted by Crippen LogP contribution is 2.17. The fraction of sp³-hybridized carbons (Fsp3) is 0.444. The lowest BCUT2D eigenvalue weighted by atomic mass is 10.2. The molecular formula is C9H11Cl2N. The number of aromatic nitrogens is 1. The van der Waals surface area contributed by atoms with Gasteiger partial charge in [-0.3, -0.25) is 4.98 Å². The highest BCUT2D eigenvalue weighted by Gasteiger charge is 2.06. The van der Waals surface area contributed by atoms with E-state index < -0.39 is 0 Å². The zero-order valence-electron chi connectivity index (χ0n) is 6.93. The van der Waals surface area contributed by atoms with E-state index in [0.717, 1.165) is 18.5 Å². The first-order chi connectivity index (χ1) is 5.74. The molecule has 0 amide bonds. The minimum atomic E-state index is 0.136. The van der Waals surface area contributed by atoms with E-state index >= 15 is 0 Å². The van der Waals surface area contributed by atoms with Crippen LogP contribution < -0.4 is 0 Å². The molecule has 0 radical (unpaired) electrons. The largest absolute Gasteiger partial charge is 0.260 e. The van der Waals surface area contributed by atoms with Crippen molar-refractivity contribution in [1.29, 1.82) is 0 Å². The molecule has 0 N–H and O–H groups in total. The maximum absolute atomic E-state index is 5.97. The van der Waals surface area contributed by atoms with Crippen LogP contribution in [0, 0.1) is 0 Å². The normalized spacial score (nSPS) is 12.9. The van der Waals surface area contributed by atoms with Gasteiger partial charge in [0.2, 0.25) is 0 Å². The first-order valence-electron chi connectivity index (χ1n) is 3.97. The summed E-state index contributed by atoms with van der Waals surface area (Å²) in [6, 6.07) is 3.66. The van der Waals surface area contributed by atoms with Gasteiger partial charge in [0, 0.05) is 18.0 Å². The quantitative estimate of drug-likeness (QED) is 0.688. The summed E-state index contributed by atoms with van der Waals surface area (Å²) in [5, 5.41) is 0.842. The average molecular weight is 204 g/mol. The molecule has 1 unspecified atom stereocenters. The van der Waals surface area contributed by atoms with Crippen LogP contribution in [-0.4, -0.2) is 10.4 Å². The van der Waals surface area contributed by atoms with Gasteiger partial charge in [-0.05, 0) is 18.6 Å². The Labute approximate surface area is 82.7 Å². The second-order valence-corrected chi connectivity index (χ2v) is 3.67. The van der Waals surface area contributed by atoms with Crippen molar-refractivity contribution in [2.24, 2.45) is 0 Å². The molecule has 0 saturated carbocycles. The molecule has 0 aliphatic rings. The molecule has 0 aliphatic carbocycles. The maximum Gasteiger partial charge on any atom is 0.0622 e. The Kier molecular flexibility index (Phi) is 3.83. The van der Waals surface area contributed by atoms with Crippen LogP contribution in [0.3, 0.4) is 0 Å². The summed E-state index contributed by atoms with van der Waals surface area (Å²) in [5.74, 6) is 0. The fourth-order valence-corrected chi connectivity index (χ4v) is 1.27. The first-order valence-corrected chi connectivity index (χ1v) is 4.79. The van der Waals surface area contributed by atoms with E-state index in [9.17, 15) is 0 Å². The zero-order chi connectivity index (χ0) is 8.97. The molecule has 1 heterocycles. The Bertz CT molecular complexity index is 250. The molecule has 0 aliphatic heterocycles. The average Bonchev–Trinajstić information content (AvgIpc) is 2.09. The third kappa shape index (κ3) is 2.65. The van der Waals surface area contributed by atoms with Crippen molar-refractivity contribution < 1.29 is 0 Å². The van der Waals surface area contributed by atoms with Gasteiger partial charge in [-0.1, -0.05) is 18.5 Å². The molecular weight excluding hydrogens is 193 g/mol. The van der Waals surface area contributed by atoms with Gasteiger partial charge in [0.15, 0.2) is 0 Å². The van der Waals surface area contributed by atoms with Crippen molar-refractivity contribution in [3.05, 3.63) is 29.0 Å². The fourth-order valence-electron chi connectivity index (χ4n) is 0.923. The van der Waals surface area contributed by atoms with Gasteiger partial charge in [0.25, 0.3) is 0 Å². The van der Waals surface area contributed by atoms with Crippen LogP contribution in [0.15, 0.2) is 18.3 Å². The monoisotopic (exact) mass is 203 g/mol. The lowest BCUT2D eigenvalue weighted by Crippen LogP contribution is -2.03. The topological polar surface area (TPSA) is 12.9 Å². The molecule has 66 valence electrons. The maximum atomic E-state index is 5.97. The van der Waals surface area contributed by atoms with Gasteiger partial charge in [-0.15, -0.1) is 11.6 Å². The molecule has 0 fully saturated rings. The molecule has 1 aromatic heterocycles. The lowest BCUT2D eigenvalue weighted by Gasteiger charge is -2.06. The molecule has 1 nitrogen and oxygen atoms in total. The van der Waals surface area contributed by atoms with Crippen LogP contribution in [0.4, 0.5) is 0 Å². The second kappa shape index (κ2) is 4.68. The molecule has 3 heteroatoms. The Morgan fingerprint density at radius 1 is 1.58 bits per heavy atom. The van der Waals surface area contributed by atoms with Crippen LogP contribution in [0.1, 0.15) is 19.0 Å². The minimum Gasteiger partial charge on any atom is -0.260 e. The van der Waals surface area contributed by atoms with E-state index in [1.54, 1.807) is 6.20 Å². The minimum absolute atomic E-state index is 0.136. The van der Waals surface area contributed by atoms with Crippen molar-refractivity contribution in [2.45, 2.75) is 25.1 Å². The summed E-state index contributed by atoms with van der Waals surface area (Å²) < 4.78 is 0. The van der Waals surface area contributed by atoms with E-state index in [-0.39, 0.29) is 5.38 Å². The molecule has 1 rings (SSSR count). The molecule has 0 bridgehead atoms. The van der Waals surface area contributed by atoms with Crippen molar-refractivity contribution >= 4 is 23.2 Å². The number of halogens is 2. The van der Waals surface area contributed by atoms with Crippen molar-refractivity contribution in [1.82, 2.24) is 4.98 Å². The first kappa shape index (κ1) is 9.82. The van der Waals surface area contributed by atoms with E-state index in [0.29, 0.717) is 5.02 Å². The van der Waals surface area contributed by atoms with Crippen LogP contribution in [-0.2, 0) is 6.42 Å². The Balaban J connectivity index is 2.69. The summed E-state index contributed by atoms with van der Waals surface area (Å²) >= 11 is 11.9. The zero-order valence-corrected chi connectivity index (χ0v) is 8.44. The summed E-state index contributed by atoms with van der Waals surface area (Å²) in [6.07, 6.45) is 3.42. The van der Waals surface area contributed by atoms with Crippen molar-refractivity contribution in [3.8, 4) is 0 Å². The van der Waals surface area contributed by atoms with Gasteiger partial charge in [-0.2, -0.15) is 0 Å². The Hall–Kier alpha value is -0.270. The van der Waals surface area contributed by atoms with E-state index in [1.165, 1.54) is 0 Å². The number of pyridine rings is 1. The molecule has 0 saturated heterocycles. The number of rotatable bonds is 3. The standard InChI is InChI=1S/C9H11Cl2N/c1-2-7(10)6-9-8(11)4-3-5-12-9/h3-5,7H,2,6H2,1H3. The number of hydrogen-bond acceptors (Lipinski definition) is 1. The molecule has 12 heavy (non-hydrogen) atoms. The summed E-state index contributed by atoms with van der Waals surface area (Å²) in [7, 11) is 0. The molecule has 0 aromatic carbocycles. The van der Waals surface area contributed by atoms with Gasteiger partial charge in [0.05, 0.1) is 10.7 Å². The van der Waals surface area contributed by atoms with E-state index in [4.69, 9.17) is 23.2 Å². The predicted octanol–water partition coefficient (Wildman–Crippen LogP) is 3.29. The lowest BCUT2D eigenvalue weighted by molar-refractivity contribution is 0.787. The van der Waals surface area contributed by atoms with Crippen molar-refractivity contribution in [3.63, 3.8) is 0 Å². The van der Waals surface area contributed by atoms with Gasteiger partial charge in [0.1, 0.15) is 0 Å². The highest BCUT2D eigenvalue weighted by molar-refractivity contribution is 6.31. The van der Waals surface area contributed by atoms with Crippen LogP contribution in [0.25, 0.3) is 0 Å². The summed E-state index contributed by atoms with van der Waals surface area (Å²) in [4.78, 5) is 4.15. The number of hydrogen-bond donors (Lipinski definition) is 0. The van der Waals surface area contributed by atoms with Crippen LogP contribution in [0.5, 0.6) is 0 Å². The Morgan fingerprint density at radius 3 is 2.92 bits per heavy atom. The van der Waals surface area contributed by atoms with Gasteiger partial charge in [-0.25, -0.2) is 0 Å².